The summed E-state index contributed by atoms with van der Waals surface area (Å²) in [5.74, 6) is -0.151. The van der Waals surface area contributed by atoms with Gasteiger partial charge >= 0.3 is 0 Å². The summed E-state index contributed by atoms with van der Waals surface area (Å²) in [5.41, 5.74) is 5.88. The monoisotopic (exact) mass is 301 g/mol. The number of benzene rings is 1. The van der Waals surface area contributed by atoms with Gasteiger partial charge in [-0.25, -0.2) is 13.1 Å². The van der Waals surface area contributed by atoms with Crippen molar-refractivity contribution in [1.82, 2.24) is 9.62 Å². The number of hydrogen-bond donors (Lipinski definition) is 2. The largest absolute Gasteiger partial charge is 0.495 e. The number of nitrogens with one attached hydrogen (secondary N) is 1. The Balaban J connectivity index is 2.95. The predicted octanol–water partition coefficient (Wildman–Crippen LogP) is 0.0340. The van der Waals surface area contributed by atoms with Crippen molar-refractivity contribution in [2.24, 2.45) is 0 Å². The first-order chi connectivity index (χ1) is 9.31. The molecule has 1 rings (SSSR count). The topological polar surface area (TPSA) is 102 Å². The molecule has 1 amide bonds. The molecule has 0 unspecified atom stereocenters. The molecule has 20 heavy (non-hydrogen) atoms. The van der Waals surface area contributed by atoms with Gasteiger partial charge in [-0.3, -0.25) is 4.79 Å². The van der Waals surface area contributed by atoms with Gasteiger partial charge < -0.3 is 15.4 Å². The molecule has 0 atom stereocenters. The van der Waals surface area contributed by atoms with Gasteiger partial charge in [-0.2, -0.15) is 0 Å². The van der Waals surface area contributed by atoms with Crippen LogP contribution in [0.25, 0.3) is 0 Å². The molecule has 0 fully saturated rings. The molecule has 0 heterocycles. The highest BCUT2D eigenvalue weighted by Crippen LogP contribution is 2.25. The van der Waals surface area contributed by atoms with Crippen LogP contribution in [0.1, 0.15) is 6.92 Å². The molecule has 0 aromatic heterocycles. The van der Waals surface area contributed by atoms with E-state index in [1.807, 2.05) is 0 Å². The SMILES string of the molecule is CCN(C)C(=O)CNS(=O)(=O)c1cc(N)ccc1OC. The molecule has 0 radical (unpaired) electrons. The fourth-order valence-electron chi connectivity index (χ4n) is 1.45. The van der Waals surface area contributed by atoms with Crippen LogP contribution in [0.2, 0.25) is 0 Å². The van der Waals surface area contributed by atoms with Crippen LogP contribution in [0.3, 0.4) is 0 Å². The summed E-state index contributed by atoms with van der Waals surface area (Å²) in [6.45, 7) is 1.99. The summed E-state index contributed by atoms with van der Waals surface area (Å²) in [5, 5.41) is 0. The van der Waals surface area contributed by atoms with Crippen LogP contribution in [0.5, 0.6) is 5.75 Å². The second kappa shape index (κ2) is 6.58. The third-order valence-corrected chi connectivity index (χ3v) is 4.21. The predicted molar refractivity (Wildman–Crippen MR) is 75.9 cm³/mol. The van der Waals surface area contributed by atoms with E-state index in [9.17, 15) is 13.2 Å². The van der Waals surface area contributed by atoms with Crippen LogP contribution >= 0.6 is 0 Å². The maximum absolute atomic E-state index is 12.2. The molecule has 7 nitrogen and oxygen atoms in total. The molecule has 0 saturated carbocycles. The van der Waals surface area contributed by atoms with Gasteiger partial charge in [-0.1, -0.05) is 0 Å². The fourth-order valence-corrected chi connectivity index (χ4v) is 2.63. The maximum Gasteiger partial charge on any atom is 0.244 e. The lowest BCUT2D eigenvalue weighted by molar-refractivity contribution is -0.128. The fraction of sp³-hybridized carbons (Fsp3) is 0.417. The van der Waals surface area contributed by atoms with Crippen molar-refractivity contribution in [3.63, 3.8) is 0 Å². The van der Waals surface area contributed by atoms with Crippen molar-refractivity contribution in [2.45, 2.75) is 11.8 Å². The Bertz CT molecular complexity index is 586. The lowest BCUT2D eigenvalue weighted by Gasteiger charge is -2.15. The number of rotatable bonds is 6. The second-order valence-corrected chi connectivity index (χ2v) is 5.88. The van der Waals surface area contributed by atoms with Gasteiger partial charge in [0.25, 0.3) is 0 Å². The number of carbonyl (C=O) groups is 1. The Kier molecular flexibility index (Phi) is 5.34. The zero-order valence-electron chi connectivity index (χ0n) is 11.7. The van der Waals surface area contributed by atoms with E-state index in [0.717, 1.165) is 0 Å². The number of anilines is 1. The molecule has 112 valence electrons. The summed E-state index contributed by atoms with van der Waals surface area (Å²) in [6, 6.07) is 4.28. The maximum atomic E-state index is 12.2. The highest BCUT2D eigenvalue weighted by atomic mass is 32.2. The van der Waals surface area contributed by atoms with E-state index in [1.54, 1.807) is 14.0 Å². The molecule has 1 aromatic carbocycles. The molecular weight excluding hydrogens is 282 g/mol. The zero-order valence-corrected chi connectivity index (χ0v) is 12.5. The van der Waals surface area contributed by atoms with Gasteiger partial charge in [-0.15, -0.1) is 0 Å². The lowest BCUT2D eigenvalue weighted by Crippen LogP contribution is -2.38. The number of sulfonamides is 1. The van der Waals surface area contributed by atoms with Crippen molar-refractivity contribution in [2.75, 3.05) is 33.0 Å². The van der Waals surface area contributed by atoms with E-state index < -0.39 is 10.0 Å². The minimum atomic E-state index is -3.86. The van der Waals surface area contributed by atoms with Crippen molar-refractivity contribution in [3.05, 3.63) is 18.2 Å². The van der Waals surface area contributed by atoms with Crippen molar-refractivity contribution >= 4 is 21.6 Å². The Labute approximate surface area is 118 Å². The number of hydrogen-bond acceptors (Lipinski definition) is 5. The quantitative estimate of drug-likeness (QED) is 0.722. The Morgan fingerprint density at radius 3 is 2.65 bits per heavy atom. The third kappa shape index (κ3) is 3.84. The molecule has 0 saturated heterocycles. The van der Waals surface area contributed by atoms with Crippen LogP contribution in [0, 0.1) is 0 Å². The average molecular weight is 301 g/mol. The summed E-state index contributed by atoms with van der Waals surface area (Å²) in [4.78, 5) is 12.9. The van der Waals surface area contributed by atoms with Gasteiger partial charge in [0, 0.05) is 19.3 Å². The Hall–Kier alpha value is -1.80. The van der Waals surface area contributed by atoms with Crippen LogP contribution in [-0.4, -0.2) is 46.5 Å². The number of carbonyl (C=O) groups excluding carboxylic acids is 1. The minimum absolute atomic E-state index is 0.0908. The van der Waals surface area contributed by atoms with Gasteiger partial charge in [0.2, 0.25) is 15.9 Å². The van der Waals surface area contributed by atoms with E-state index in [4.69, 9.17) is 10.5 Å². The van der Waals surface area contributed by atoms with E-state index in [2.05, 4.69) is 4.72 Å². The molecule has 1 aromatic rings. The van der Waals surface area contributed by atoms with Crippen LogP contribution in [-0.2, 0) is 14.8 Å². The van der Waals surface area contributed by atoms with E-state index in [1.165, 1.54) is 30.2 Å². The number of nitrogen functional groups attached to an aromatic ring is 1. The molecule has 8 heteroatoms. The molecular formula is C12H19N3O4S. The van der Waals surface area contributed by atoms with E-state index in [0.29, 0.717) is 12.2 Å². The van der Waals surface area contributed by atoms with Crippen LogP contribution in [0.4, 0.5) is 5.69 Å². The number of likely N-dealkylation sites (N-methyl/N-ethyl adjacent to an activating group) is 1. The van der Waals surface area contributed by atoms with E-state index >= 15 is 0 Å². The zero-order chi connectivity index (χ0) is 15.3. The van der Waals surface area contributed by atoms with E-state index in [-0.39, 0.29) is 23.1 Å². The summed E-state index contributed by atoms with van der Waals surface area (Å²) in [7, 11) is -0.908. The molecule has 0 aliphatic heterocycles. The molecule has 0 aliphatic rings. The Morgan fingerprint density at radius 2 is 2.10 bits per heavy atom. The van der Waals surface area contributed by atoms with Gasteiger partial charge in [0.05, 0.1) is 13.7 Å². The van der Waals surface area contributed by atoms with Crippen molar-refractivity contribution < 1.29 is 17.9 Å². The minimum Gasteiger partial charge on any atom is -0.495 e. The summed E-state index contributed by atoms with van der Waals surface area (Å²) in [6.07, 6.45) is 0. The first-order valence-corrected chi connectivity index (χ1v) is 7.47. The lowest BCUT2D eigenvalue weighted by atomic mass is 10.3. The van der Waals surface area contributed by atoms with Crippen LogP contribution < -0.4 is 15.2 Å². The summed E-state index contributed by atoms with van der Waals surface area (Å²) < 4.78 is 31.6. The molecule has 0 spiro atoms. The molecule has 3 N–H and O–H groups in total. The summed E-state index contributed by atoms with van der Waals surface area (Å²) >= 11 is 0. The third-order valence-electron chi connectivity index (χ3n) is 2.79. The van der Waals surface area contributed by atoms with Crippen molar-refractivity contribution in [1.29, 1.82) is 0 Å². The Morgan fingerprint density at radius 1 is 1.45 bits per heavy atom. The smallest absolute Gasteiger partial charge is 0.244 e. The first-order valence-electron chi connectivity index (χ1n) is 5.99. The average Bonchev–Trinajstić information content (AvgIpc) is 2.43. The highest BCUT2D eigenvalue weighted by Gasteiger charge is 2.21. The first kappa shape index (κ1) is 16.3. The number of nitrogens with zero attached hydrogens (tertiary/aromatic N) is 1. The number of ether oxygens (including phenoxy) is 1. The number of nitrogens with two attached hydrogens (primary N) is 1. The highest BCUT2D eigenvalue weighted by molar-refractivity contribution is 7.89. The molecule has 0 aliphatic carbocycles. The van der Waals surface area contributed by atoms with Crippen LogP contribution in [0.15, 0.2) is 23.1 Å². The second-order valence-electron chi connectivity index (χ2n) is 4.14. The number of amides is 1. The van der Waals surface area contributed by atoms with Gasteiger partial charge in [0.15, 0.2) is 0 Å². The number of methoxy groups -OCH3 is 1. The molecule has 0 bridgehead atoms. The van der Waals surface area contributed by atoms with Gasteiger partial charge in [0.1, 0.15) is 10.6 Å². The van der Waals surface area contributed by atoms with Gasteiger partial charge in [-0.05, 0) is 25.1 Å². The van der Waals surface area contributed by atoms with Crippen molar-refractivity contribution in [3.8, 4) is 5.75 Å². The standard InChI is InChI=1S/C12H19N3O4S/c1-4-15(2)12(16)8-14-20(17,18)11-7-9(13)5-6-10(11)19-3/h5-7,14H,4,8,13H2,1-3H3. The normalized spacial score (nSPS) is 11.2.